The number of nitrogens with one attached hydrogen (secondary N) is 3. The number of hydrogen-bond acceptors (Lipinski definition) is 7. The fourth-order valence-corrected chi connectivity index (χ4v) is 2.83. The standard InChI is InChI=1S/C20H37N5O7/c1-5-11(4)16(20(31)32)25-18(29)13(6-7-15(22)27)23-19(30)14(8-10(2)3)24-17(28)12(21)9-26/h10-14,16,26H,5-9,21H2,1-4H3,(H2,22,27)(H,23,30)(H,24,28)(H,25,29)(H,31,32). The number of aliphatic hydroxyl groups is 1. The Labute approximate surface area is 187 Å². The van der Waals surface area contributed by atoms with Crippen LogP contribution in [0, 0.1) is 11.8 Å². The highest BCUT2D eigenvalue weighted by Gasteiger charge is 2.32. The molecule has 0 aliphatic rings. The van der Waals surface area contributed by atoms with Gasteiger partial charge in [0.25, 0.3) is 0 Å². The van der Waals surface area contributed by atoms with Gasteiger partial charge in [-0.2, -0.15) is 0 Å². The summed E-state index contributed by atoms with van der Waals surface area (Å²) in [4.78, 5) is 60.4. The topological polar surface area (TPSA) is 214 Å². The number of carboxylic acid groups (broad SMARTS) is 1. The summed E-state index contributed by atoms with van der Waals surface area (Å²) in [6.45, 7) is 6.46. The highest BCUT2D eigenvalue weighted by atomic mass is 16.4. The molecule has 0 spiro atoms. The van der Waals surface area contributed by atoms with Crippen molar-refractivity contribution in [1.82, 2.24) is 16.0 Å². The van der Waals surface area contributed by atoms with Gasteiger partial charge in [0.15, 0.2) is 0 Å². The van der Waals surface area contributed by atoms with Crippen molar-refractivity contribution in [1.29, 1.82) is 0 Å². The minimum atomic E-state index is -1.25. The summed E-state index contributed by atoms with van der Waals surface area (Å²) in [7, 11) is 0. The van der Waals surface area contributed by atoms with E-state index in [1.54, 1.807) is 13.8 Å². The van der Waals surface area contributed by atoms with Gasteiger partial charge in [0.1, 0.15) is 24.2 Å². The number of aliphatic hydroxyl groups excluding tert-OH is 1. The van der Waals surface area contributed by atoms with Crippen molar-refractivity contribution in [2.45, 2.75) is 77.5 Å². The van der Waals surface area contributed by atoms with E-state index in [1.165, 1.54) is 0 Å². The number of carbonyl (C=O) groups is 5. The Hall–Kier alpha value is -2.73. The van der Waals surface area contributed by atoms with Crippen LogP contribution in [0.3, 0.4) is 0 Å². The molecule has 0 aliphatic carbocycles. The maximum atomic E-state index is 12.9. The van der Waals surface area contributed by atoms with Gasteiger partial charge in [-0.05, 0) is 24.7 Å². The van der Waals surface area contributed by atoms with E-state index < -0.39 is 60.4 Å². The fourth-order valence-electron chi connectivity index (χ4n) is 2.83. The third-order valence-electron chi connectivity index (χ3n) is 4.96. The largest absolute Gasteiger partial charge is 0.480 e. The first-order valence-electron chi connectivity index (χ1n) is 10.6. The number of carbonyl (C=O) groups excluding carboxylic acids is 4. The smallest absolute Gasteiger partial charge is 0.326 e. The molecule has 0 aromatic rings. The van der Waals surface area contributed by atoms with Gasteiger partial charge in [-0.15, -0.1) is 0 Å². The molecule has 0 bridgehead atoms. The molecule has 0 heterocycles. The van der Waals surface area contributed by atoms with E-state index in [2.05, 4.69) is 16.0 Å². The molecule has 12 heteroatoms. The Morgan fingerprint density at radius 1 is 0.906 bits per heavy atom. The molecule has 4 amide bonds. The lowest BCUT2D eigenvalue weighted by Crippen LogP contribution is -2.58. The van der Waals surface area contributed by atoms with Crippen LogP contribution in [-0.2, 0) is 24.0 Å². The summed E-state index contributed by atoms with van der Waals surface area (Å²) in [5.74, 6) is -4.56. The van der Waals surface area contributed by atoms with Crippen molar-refractivity contribution in [3.05, 3.63) is 0 Å². The van der Waals surface area contributed by atoms with Crippen molar-refractivity contribution in [2.24, 2.45) is 23.3 Å². The molecule has 0 aromatic heterocycles. The lowest BCUT2D eigenvalue weighted by Gasteiger charge is -2.27. The third kappa shape index (κ3) is 10.5. The molecular formula is C20H37N5O7. The molecule has 5 atom stereocenters. The predicted octanol–water partition coefficient (Wildman–Crippen LogP) is -1.80. The van der Waals surface area contributed by atoms with Gasteiger partial charge < -0.3 is 37.6 Å². The Bertz CT molecular complexity index is 671. The maximum Gasteiger partial charge on any atom is 0.326 e. The fraction of sp³-hybridized carbons (Fsp3) is 0.750. The molecule has 184 valence electrons. The average molecular weight is 460 g/mol. The summed E-state index contributed by atoms with van der Waals surface area (Å²) in [5, 5.41) is 25.8. The van der Waals surface area contributed by atoms with Crippen LogP contribution in [0.25, 0.3) is 0 Å². The zero-order chi connectivity index (χ0) is 25.0. The quantitative estimate of drug-likeness (QED) is 0.148. The number of carboxylic acids is 1. The number of nitrogens with two attached hydrogens (primary N) is 2. The number of primary amides is 1. The maximum absolute atomic E-state index is 12.9. The van der Waals surface area contributed by atoms with Crippen molar-refractivity contribution >= 4 is 29.6 Å². The number of hydrogen-bond donors (Lipinski definition) is 7. The van der Waals surface area contributed by atoms with Gasteiger partial charge in [-0.25, -0.2) is 4.79 Å². The monoisotopic (exact) mass is 459 g/mol. The predicted molar refractivity (Wildman–Crippen MR) is 116 cm³/mol. The van der Waals surface area contributed by atoms with Crippen LogP contribution >= 0.6 is 0 Å². The molecule has 32 heavy (non-hydrogen) atoms. The Kier molecular flexibility index (Phi) is 13.1. The Morgan fingerprint density at radius 2 is 1.44 bits per heavy atom. The highest BCUT2D eigenvalue weighted by Crippen LogP contribution is 2.10. The van der Waals surface area contributed by atoms with Crippen LogP contribution in [-0.4, -0.2) is 70.6 Å². The van der Waals surface area contributed by atoms with E-state index in [0.717, 1.165) is 0 Å². The van der Waals surface area contributed by atoms with E-state index in [4.69, 9.17) is 16.6 Å². The average Bonchev–Trinajstić information content (AvgIpc) is 2.71. The summed E-state index contributed by atoms with van der Waals surface area (Å²) in [6, 6.07) is -4.72. The summed E-state index contributed by atoms with van der Waals surface area (Å²) < 4.78 is 0. The molecule has 0 saturated carbocycles. The minimum absolute atomic E-state index is 0.0175. The zero-order valence-electron chi connectivity index (χ0n) is 19.1. The first-order valence-corrected chi connectivity index (χ1v) is 10.6. The molecule has 5 unspecified atom stereocenters. The van der Waals surface area contributed by atoms with Crippen molar-refractivity contribution in [2.75, 3.05) is 6.61 Å². The van der Waals surface area contributed by atoms with Crippen LogP contribution in [0.5, 0.6) is 0 Å². The van der Waals surface area contributed by atoms with Gasteiger partial charge in [-0.3, -0.25) is 19.2 Å². The first kappa shape index (κ1) is 29.3. The number of rotatable bonds is 15. The second-order valence-corrected chi connectivity index (χ2v) is 8.26. The molecule has 9 N–H and O–H groups in total. The minimum Gasteiger partial charge on any atom is -0.480 e. The van der Waals surface area contributed by atoms with Gasteiger partial charge in [0.2, 0.25) is 23.6 Å². The van der Waals surface area contributed by atoms with Crippen LogP contribution in [0.15, 0.2) is 0 Å². The lowest BCUT2D eigenvalue weighted by atomic mass is 9.98. The van der Waals surface area contributed by atoms with Crippen LogP contribution in [0.1, 0.15) is 53.4 Å². The lowest BCUT2D eigenvalue weighted by molar-refractivity contribution is -0.144. The second kappa shape index (κ2) is 14.4. The van der Waals surface area contributed by atoms with Crippen molar-refractivity contribution < 1.29 is 34.2 Å². The van der Waals surface area contributed by atoms with Crippen molar-refractivity contribution in [3.63, 3.8) is 0 Å². The first-order chi connectivity index (χ1) is 14.8. The van der Waals surface area contributed by atoms with Gasteiger partial charge in [0, 0.05) is 6.42 Å². The van der Waals surface area contributed by atoms with Crippen LogP contribution in [0.2, 0.25) is 0 Å². The molecule has 0 fully saturated rings. The summed E-state index contributed by atoms with van der Waals surface area (Å²) in [6.07, 6.45) is 0.321. The molecule has 0 radical (unpaired) electrons. The molecule has 0 rings (SSSR count). The van der Waals surface area contributed by atoms with E-state index in [0.29, 0.717) is 6.42 Å². The SMILES string of the molecule is CCC(C)C(NC(=O)C(CCC(N)=O)NC(=O)C(CC(C)C)NC(=O)C(N)CO)C(=O)O. The van der Waals surface area contributed by atoms with E-state index >= 15 is 0 Å². The van der Waals surface area contributed by atoms with E-state index in [9.17, 15) is 29.1 Å². The van der Waals surface area contributed by atoms with Gasteiger partial charge in [-0.1, -0.05) is 34.1 Å². The number of amides is 4. The highest BCUT2D eigenvalue weighted by molar-refractivity contribution is 5.94. The number of aliphatic carboxylic acids is 1. The Morgan fingerprint density at radius 3 is 1.88 bits per heavy atom. The molecule has 0 saturated heterocycles. The molecule has 12 nitrogen and oxygen atoms in total. The van der Waals surface area contributed by atoms with Crippen LogP contribution < -0.4 is 27.4 Å². The third-order valence-corrected chi connectivity index (χ3v) is 4.96. The molecule has 0 aliphatic heterocycles. The summed E-state index contributed by atoms with van der Waals surface area (Å²) >= 11 is 0. The zero-order valence-corrected chi connectivity index (χ0v) is 19.1. The normalized spacial score (nSPS) is 15.7. The van der Waals surface area contributed by atoms with E-state index in [-0.39, 0.29) is 31.1 Å². The second-order valence-electron chi connectivity index (χ2n) is 8.26. The van der Waals surface area contributed by atoms with Crippen LogP contribution in [0.4, 0.5) is 0 Å². The van der Waals surface area contributed by atoms with Gasteiger partial charge in [0.05, 0.1) is 6.61 Å². The van der Waals surface area contributed by atoms with E-state index in [1.807, 2.05) is 13.8 Å². The molecular weight excluding hydrogens is 422 g/mol. The van der Waals surface area contributed by atoms with Crippen molar-refractivity contribution in [3.8, 4) is 0 Å². The van der Waals surface area contributed by atoms with Gasteiger partial charge >= 0.3 is 5.97 Å². The summed E-state index contributed by atoms with van der Waals surface area (Å²) in [5.41, 5.74) is 10.6. The molecule has 0 aromatic carbocycles. The Balaban J connectivity index is 5.58.